The maximum atomic E-state index is 16.0. The number of piperazine rings is 1. The van der Waals surface area contributed by atoms with Gasteiger partial charge in [0.05, 0.1) is 12.3 Å². The highest BCUT2D eigenvalue weighted by atomic mass is 19.1. The molecular formula is C39H41FN4O3. The minimum absolute atomic E-state index is 0.0304. The molecule has 242 valence electrons. The highest BCUT2D eigenvalue weighted by Crippen LogP contribution is 2.47. The number of fused-ring (bicyclic) bond motifs is 2. The minimum atomic E-state index is -0.178. The van der Waals surface area contributed by atoms with Crippen molar-refractivity contribution in [1.82, 2.24) is 10.2 Å². The molecule has 0 aliphatic carbocycles. The number of phenolic OH excluding ortho intramolecular Hbond substituents is 1. The summed E-state index contributed by atoms with van der Waals surface area (Å²) < 4.78 is 22.1. The van der Waals surface area contributed by atoms with Crippen LogP contribution in [0.3, 0.4) is 0 Å². The molecule has 4 aromatic carbocycles. The van der Waals surface area contributed by atoms with Crippen LogP contribution in [0.25, 0.3) is 0 Å². The third kappa shape index (κ3) is 5.91. The molecule has 0 radical (unpaired) electrons. The lowest BCUT2D eigenvalue weighted by Crippen LogP contribution is -2.49. The van der Waals surface area contributed by atoms with Crippen molar-refractivity contribution in [3.8, 4) is 11.5 Å². The number of rotatable bonds is 6. The van der Waals surface area contributed by atoms with Gasteiger partial charge in [-0.05, 0) is 71.8 Å². The number of benzene rings is 4. The van der Waals surface area contributed by atoms with Gasteiger partial charge in [-0.25, -0.2) is 4.39 Å². The smallest absolute Gasteiger partial charge is 0.251 e. The van der Waals surface area contributed by atoms with Gasteiger partial charge < -0.3 is 25.0 Å². The largest absolute Gasteiger partial charge is 0.508 e. The Hall–Kier alpha value is -4.56. The number of amides is 1. The van der Waals surface area contributed by atoms with Crippen LogP contribution >= 0.6 is 0 Å². The third-order valence-electron chi connectivity index (χ3n) is 10.7. The zero-order chi connectivity index (χ0) is 31.9. The zero-order valence-electron chi connectivity index (χ0n) is 26.6. The monoisotopic (exact) mass is 632 g/mol. The molecule has 4 aliphatic rings. The predicted molar refractivity (Wildman–Crippen MR) is 182 cm³/mol. The van der Waals surface area contributed by atoms with E-state index in [-0.39, 0.29) is 29.3 Å². The van der Waals surface area contributed by atoms with Gasteiger partial charge in [-0.3, -0.25) is 9.69 Å². The van der Waals surface area contributed by atoms with E-state index in [1.165, 1.54) is 5.69 Å². The van der Waals surface area contributed by atoms with Crippen molar-refractivity contribution in [2.75, 3.05) is 62.2 Å². The van der Waals surface area contributed by atoms with Crippen LogP contribution in [0, 0.1) is 11.7 Å². The number of anilines is 2. The first-order chi connectivity index (χ1) is 23.0. The van der Waals surface area contributed by atoms with Crippen LogP contribution in [-0.4, -0.2) is 68.3 Å². The Morgan fingerprint density at radius 3 is 2.43 bits per heavy atom. The van der Waals surface area contributed by atoms with Crippen LogP contribution in [-0.2, 0) is 6.54 Å². The predicted octanol–water partition coefficient (Wildman–Crippen LogP) is 6.12. The summed E-state index contributed by atoms with van der Waals surface area (Å²) >= 11 is 0. The summed E-state index contributed by atoms with van der Waals surface area (Å²) in [6.45, 7) is 7.92. The Balaban J connectivity index is 0.898. The molecule has 4 aliphatic heterocycles. The lowest BCUT2D eigenvalue weighted by molar-refractivity contribution is 0.0965. The molecule has 2 fully saturated rings. The maximum Gasteiger partial charge on any atom is 0.251 e. The second-order valence-corrected chi connectivity index (χ2v) is 13.5. The summed E-state index contributed by atoms with van der Waals surface area (Å²) in [6.07, 6.45) is 2.11. The van der Waals surface area contributed by atoms with E-state index in [2.05, 4.69) is 50.3 Å². The van der Waals surface area contributed by atoms with Crippen LogP contribution in [0.2, 0.25) is 0 Å². The van der Waals surface area contributed by atoms with E-state index in [9.17, 15) is 9.90 Å². The van der Waals surface area contributed by atoms with Crippen LogP contribution in [0.4, 0.5) is 15.8 Å². The fourth-order valence-electron chi connectivity index (χ4n) is 8.10. The number of carbonyl (C=O) groups excluding carboxylic acids is 1. The van der Waals surface area contributed by atoms with Gasteiger partial charge in [0, 0.05) is 87.1 Å². The van der Waals surface area contributed by atoms with Crippen LogP contribution in [0.15, 0.2) is 84.9 Å². The lowest BCUT2D eigenvalue weighted by atomic mass is 9.76. The van der Waals surface area contributed by atoms with Gasteiger partial charge in [0.1, 0.15) is 17.3 Å². The van der Waals surface area contributed by atoms with E-state index in [1.807, 2.05) is 36.4 Å². The molecule has 47 heavy (non-hydrogen) atoms. The number of piperidine rings is 1. The Morgan fingerprint density at radius 2 is 1.64 bits per heavy atom. The summed E-state index contributed by atoms with van der Waals surface area (Å²) in [5.74, 6) is 1.24. The maximum absolute atomic E-state index is 16.0. The highest BCUT2D eigenvalue weighted by molar-refractivity contribution is 5.98. The Labute approximate surface area is 275 Å². The van der Waals surface area contributed by atoms with E-state index in [0.717, 1.165) is 86.5 Å². The van der Waals surface area contributed by atoms with E-state index in [4.69, 9.17) is 4.74 Å². The SMILES string of the molecule is O=C1NCc2cc(N3CCN(CC4CCN(c5ccc(C6c7ccc(O)cc7OCC6c6ccccc6)cc5F)CC4)CC3)ccc21. The van der Waals surface area contributed by atoms with Gasteiger partial charge in [-0.1, -0.05) is 42.5 Å². The van der Waals surface area contributed by atoms with Crippen molar-refractivity contribution >= 4 is 17.3 Å². The molecule has 8 heteroatoms. The topological polar surface area (TPSA) is 68.3 Å². The molecule has 0 aromatic heterocycles. The fourth-order valence-corrected chi connectivity index (χ4v) is 8.10. The Morgan fingerprint density at radius 1 is 0.830 bits per heavy atom. The molecule has 2 unspecified atom stereocenters. The van der Waals surface area contributed by atoms with Gasteiger partial charge in [0.2, 0.25) is 0 Å². The number of carbonyl (C=O) groups is 1. The first-order valence-electron chi connectivity index (χ1n) is 16.9. The molecule has 0 spiro atoms. The molecule has 4 heterocycles. The van der Waals surface area contributed by atoms with E-state index >= 15 is 4.39 Å². The average Bonchev–Trinajstić information content (AvgIpc) is 3.48. The number of hydrogen-bond acceptors (Lipinski definition) is 6. The summed E-state index contributed by atoms with van der Waals surface area (Å²) in [5.41, 5.74) is 6.84. The first kappa shape index (κ1) is 29.8. The highest BCUT2D eigenvalue weighted by Gasteiger charge is 2.34. The summed E-state index contributed by atoms with van der Waals surface area (Å²) in [4.78, 5) is 19.1. The van der Waals surface area contributed by atoms with Crippen LogP contribution in [0.5, 0.6) is 11.5 Å². The quantitative estimate of drug-likeness (QED) is 0.267. The summed E-state index contributed by atoms with van der Waals surface area (Å²) in [7, 11) is 0. The number of nitrogens with one attached hydrogen (secondary N) is 1. The first-order valence-corrected chi connectivity index (χ1v) is 16.9. The Kier molecular flexibility index (Phi) is 7.97. The minimum Gasteiger partial charge on any atom is -0.508 e. The van der Waals surface area contributed by atoms with E-state index in [1.54, 1.807) is 18.2 Å². The van der Waals surface area contributed by atoms with Gasteiger partial charge in [-0.15, -0.1) is 0 Å². The fraction of sp³-hybridized carbons (Fsp3) is 0.359. The lowest BCUT2D eigenvalue weighted by Gasteiger charge is -2.40. The third-order valence-corrected chi connectivity index (χ3v) is 10.7. The number of ether oxygens (including phenoxy) is 1. The molecular weight excluding hydrogens is 591 g/mol. The van der Waals surface area contributed by atoms with Crippen LogP contribution < -0.4 is 19.9 Å². The second-order valence-electron chi connectivity index (χ2n) is 13.5. The average molecular weight is 633 g/mol. The molecule has 1 amide bonds. The summed E-state index contributed by atoms with van der Waals surface area (Å²) in [6, 6.07) is 27.5. The normalized spacial score (nSPS) is 21.6. The standard InChI is InChI=1S/C39H41FN4O3/c40-35-21-28(38-33-10-8-31(45)22-37(33)47-25-34(38)27-4-2-1-3-5-27)6-11-36(35)44-14-12-26(13-15-44)24-42-16-18-43(19-17-42)30-7-9-32-29(20-30)23-41-39(32)46/h1-11,20-22,26,34,38,45H,12-19,23-25H2,(H,41,46). The van der Waals surface area contributed by atoms with Crippen molar-refractivity contribution in [3.05, 3.63) is 119 Å². The van der Waals surface area contributed by atoms with E-state index in [0.29, 0.717) is 30.5 Å². The van der Waals surface area contributed by atoms with Crippen molar-refractivity contribution in [1.29, 1.82) is 0 Å². The number of hydrogen-bond donors (Lipinski definition) is 2. The van der Waals surface area contributed by atoms with Crippen molar-refractivity contribution in [2.24, 2.45) is 5.92 Å². The van der Waals surface area contributed by atoms with Crippen molar-refractivity contribution in [2.45, 2.75) is 31.2 Å². The van der Waals surface area contributed by atoms with E-state index < -0.39 is 0 Å². The second kappa shape index (κ2) is 12.6. The Bertz CT molecular complexity index is 1770. The van der Waals surface area contributed by atoms with Gasteiger partial charge in [0.25, 0.3) is 5.91 Å². The molecule has 2 saturated heterocycles. The summed E-state index contributed by atoms with van der Waals surface area (Å²) in [5, 5.41) is 13.0. The number of phenols is 1. The molecule has 7 nitrogen and oxygen atoms in total. The molecule has 2 N–H and O–H groups in total. The van der Waals surface area contributed by atoms with Crippen molar-refractivity contribution in [3.63, 3.8) is 0 Å². The molecule has 0 saturated carbocycles. The molecule has 2 atom stereocenters. The van der Waals surface area contributed by atoms with Gasteiger partial charge in [-0.2, -0.15) is 0 Å². The molecule has 4 aromatic rings. The van der Waals surface area contributed by atoms with Crippen molar-refractivity contribution < 1.29 is 19.0 Å². The molecule has 0 bridgehead atoms. The zero-order valence-corrected chi connectivity index (χ0v) is 26.6. The number of aromatic hydroxyl groups is 1. The van der Waals surface area contributed by atoms with Gasteiger partial charge >= 0.3 is 0 Å². The number of halogens is 1. The number of nitrogens with zero attached hydrogens (tertiary/aromatic N) is 3. The van der Waals surface area contributed by atoms with Crippen LogP contribution in [0.1, 0.15) is 57.3 Å². The molecule has 8 rings (SSSR count). The van der Waals surface area contributed by atoms with Gasteiger partial charge in [0.15, 0.2) is 0 Å².